The molecule has 6 rings (SSSR count). The third kappa shape index (κ3) is 4.52. The predicted octanol–water partition coefficient (Wildman–Crippen LogP) is 5.31. The molecular formula is C28H24FN7O. The first-order chi connectivity index (χ1) is 18.0. The lowest BCUT2D eigenvalue weighted by Crippen LogP contribution is -2.19. The van der Waals surface area contributed by atoms with E-state index in [9.17, 15) is 4.39 Å². The number of hydrogen-bond acceptors (Lipinski definition) is 6. The maximum Gasteiger partial charge on any atom is 0.138 e. The zero-order valence-corrected chi connectivity index (χ0v) is 20.4. The van der Waals surface area contributed by atoms with Crippen LogP contribution in [0.25, 0.3) is 55.8 Å². The largest absolute Gasteiger partial charge is 0.491 e. The summed E-state index contributed by atoms with van der Waals surface area (Å²) in [6.07, 6.45) is 5.19. The molecule has 0 fully saturated rings. The highest BCUT2D eigenvalue weighted by atomic mass is 19.1. The molecule has 9 heteroatoms. The van der Waals surface area contributed by atoms with E-state index in [0.717, 1.165) is 45.4 Å². The number of likely N-dealkylation sites (N-methyl/N-ethyl adjacent to an activating group) is 1. The first kappa shape index (κ1) is 22.8. The van der Waals surface area contributed by atoms with Crippen LogP contribution in [0, 0.1) is 5.82 Å². The molecule has 0 spiro atoms. The maximum absolute atomic E-state index is 13.9. The minimum atomic E-state index is -0.302. The summed E-state index contributed by atoms with van der Waals surface area (Å²) in [5, 5.41) is 8.49. The van der Waals surface area contributed by atoms with Crippen molar-refractivity contribution in [1.82, 2.24) is 35.0 Å². The van der Waals surface area contributed by atoms with Crippen LogP contribution < -0.4 is 4.74 Å². The molecule has 0 aliphatic carbocycles. The molecule has 6 aromatic rings. The minimum absolute atomic E-state index is 0.302. The van der Waals surface area contributed by atoms with Crippen LogP contribution in [-0.4, -0.2) is 62.3 Å². The van der Waals surface area contributed by atoms with E-state index in [0.29, 0.717) is 29.3 Å². The highest BCUT2D eigenvalue weighted by Crippen LogP contribution is 2.33. The topological polar surface area (TPSA) is 95.6 Å². The average molecular weight is 494 g/mol. The van der Waals surface area contributed by atoms with Gasteiger partial charge in [-0.15, -0.1) is 0 Å². The molecule has 37 heavy (non-hydrogen) atoms. The van der Waals surface area contributed by atoms with Gasteiger partial charge in [-0.05, 0) is 56.6 Å². The zero-order valence-electron chi connectivity index (χ0n) is 20.4. The Bertz CT molecular complexity index is 1720. The molecule has 8 nitrogen and oxygen atoms in total. The summed E-state index contributed by atoms with van der Waals surface area (Å²) in [5.74, 6) is 0.394. The smallest absolute Gasteiger partial charge is 0.138 e. The monoisotopic (exact) mass is 493 g/mol. The summed E-state index contributed by atoms with van der Waals surface area (Å²) in [6.45, 7) is 1.39. The Morgan fingerprint density at radius 1 is 0.946 bits per heavy atom. The van der Waals surface area contributed by atoms with Gasteiger partial charge >= 0.3 is 0 Å². The number of benzene rings is 1. The number of nitrogens with one attached hydrogen (secondary N) is 2. The van der Waals surface area contributed by atoms with Gasteiger partial charge in [0, 0.05) is 41.0 Å². The molecule has 0 radical (unpaired) electrons. The second-order valence-corrected chi connectivity index (χ2v) is 9.04. The Morgan fingerprint density at radius 3 is 2.73 bits per heavy atom. The zero-order chi connectivity index (χ0) is 25.4. The molecule has 2 N–H and O–H groups in total. The lowest BCUT2D eigenvalue weighted by atomic mass is 10.1. The van der Waals surface area contributed by atoms with Crippen LogP contribution in [0.4, 0.5) is 4.39 Å². The standard InChI is InChI=1S/C28H24FN7O/c1-36(2)10-11-37-20-13-18(15-30-16-20)22-6-7-24-27(33-22)28(35-34-24)25-14-21-23(32-25)8-9-31-26(21)17-4-3-5-19(29)12-17/h3-9,12-16,32H,10-11H2,1-2H3,(H,34,35). The van der Waals surface area contributed by atoms with Crippen LogP contribution >= 0.6 is 0 Å². The summed E-state index contributed by atoms with van der Waals surface area (Å²) < 4.78 is 19.7. The number of fused-ring (bicyclic) bond motifs is 2. The highest BCUT2D eigenvalue weighted by Gasteiger charge is 2.16. The SMILES string of the molecule is CN(C)CCOc1cncc(-c2ccc3[nH]nc(-c4cc5c(-c6cccc(F)c6)nccc5[nH]4)c3n2)c1. The molecular weight excluding hydrogens is 469 g/mol. The molecule has 1 aromatic carbocycles. The first-order valence-electron chi connectivity index (χ1n) is 11.9. The predicted molar refractivity (Wildman–Crippen MR) is 142 cm³/mol. The summed E-state index contributed by atoms with van der Waals surface area (Å²) in [4.78, 5) is 19.3. The Morgan fingerprint density at radius 2 is 1.86 bits per heavy atom. The van der Waals surface area contributed by atoms with Crippen molar-refractivity contribution >= 4 is 21.9 Å². The van der Waals surface area contributed by atoms with Gasteiger partial charge in [-0.3, -0.25) is 15.1 Å². The molecule has 0 saturated carbocycles. The molecule has 184 valence electrons. The van der Waals surface area contributed by atoms with Crippen LogP contribution in [-0.2, 0) is 0 Å². The number of H-pyrrole nitrogens is 2. The third-order valence-electron chi connectivity index (χ3n) is 6.13. The highest BCUT2D eigenvalue weighted by molar-refractivity contribution is 5.99. The molecule has 5 aromatic heterocycles. The maximum atomic E-state index is 13.9. The Kier molecular flexibility index (Phi) is 5.82. The van der Waals surface area contributed by atoms with Crippen molar-refractivity contribution in [3.8, 4) is 39.7 Å². The van der Waals surface area contributed by atoms with Crippen molar-refractivity contribution < 1.29 is 9.13 Å². The summed E-state index contributed by atoms with van der Waals surface area (Å²) in [7, 11) is 4.01. The number of nitrogens with zero attached hydrogens (tertiary/aromatic N) is 5. The molecule has 5 heterocycles. The van der Waals surface area contributed by atoms with Gasteiger partial charge in [0.15, 0.2) is 0 Å². The van der Waals surface area contributed by atoms with Crippen molar-refractivity contribution in [2.24, 2.45) is 0 Å². The van der Waals surface area contributed by atoms with Crippen LogP contribution in [0.5, 0.6) is 5.75 Å². The molecule has 0 bridgehead atoms. The first-order valence-corrected chi connectivity index (χ1v) is 11.9. The summed E-state index contributed by atoms with van der Waals surface area (Å²) in [6, 6.07) is 16.1. The third-order valence-corrected chi connectivity index (χ3v) is 6.13. The van der Waals surface area contributed by atoms with Crippen LogP contribution in [0.3, 0.4) is 0 Å². The fourth-order valence-electron chi connectivity index (χ4n) is 4.28. The Hall–Kier alpha value is -4.63. The van der Waals surface area contributed by atoms with E-state index in [-0.39, 0.29) is 5.82 Å². The summed E-state index contributed by atoms with van der Waals surface area (Å²) in [5.41, 5.74) is 6.91. The van der Waals surface area contributed by atoms with E-state index < -0.39 is 0 Å². The number of rotatable bonds is 7. The minimum Gasteiger partial charge on any atom is -0.491 e. The number of pyridine rings is 3. The fraction of sp³-hybridized carbons (Fsp3) is 0.143. The van der Waals surface area contributed by atoms with E-state index in [1.54, 1.807) is 24.7 Å². The normalized spacial score (nSPS) is 11.6. The average Bonchev–Trinajstić information content (AvgIpc) is 3.52. The van der Waals surface area contributed by atoms with Crippen LogP contribution in [0.2, 0.25) is 0 Å². The molecule has 0 amide bonds. The van der Waals surface area contributed by atoms with Crippen molar-refractivity contribution in [2.75, 3.05) is 27.2 Å². The number of halogens is 1. The van der Waals surface area contributed by atoms with E-state index in [1.807, 2.05) is 50.5 Å². The number of hydrogen-bond donors (Lipinski definition) is 2. The Balaban J connectivity index is 1.38. The molecule has 0 aliphatic heterocycles. The quantitative estimate of drug-likeness (QED) is 0.313. The van der Waals surface area contributed by atoms with E-state index >= 15 is 0 Å². The van der Waals surface area contributed by atoms with Crippen LogP contribution in [0.15, 0.2) is 73.2 Å². The van der Waals surface area contributed by atoms with Gasteiger partial charge in [0.05, 0.1) is 28.8 Å². The number of ether oxygens (including phenoxy) is 1. The van der Waals surface area contributed by atoms with Gasteiger partial charge in [-0.2, -0.15) is 5.10 Å². The van der Waals surface area contributed by atoms with Gasteiger partial charge in [0.2, 0.25) is 0 Å². The molecule has 0 unspecified atom stereocenters. The van der Waals surface area contributed by atoms with E-state index in [1.165, 1.54) is 12.1 Å². The van der Waals surface area contributed by atoms with Gasteiger partial charge in [-0.1, -0.05) is 12.1 Å². The molecule has 0 saturated heterocycles. The second kappa shape index (κ2) is 9.44. The van der Waals surface area contributed by atoms with E-state index in [2.05, 4.69) is 30.0 Å². The van der Waals surface area contributed by atoms with Crippen molar-refractivity contribution in [2.45, 2.75) is 0 Å². The number of aromatic nitrogens is 6. The second-order valence-electron chi connectivity index (χ2n) is 9.04. The van der Waals surface area contributed by atoms with Gasteiger partial charge in [-0.25, -0.2) is 9.37 Å². The molecule has 0 atom stereocenters. The molecule has 0 aliphatic rings. The summed E-state index contributed by atoms with van der Waals surface area (Å²) >= 11 is 0. The van der Waals surface area contributed by atoms with Crippen molar-refractivity contribution in [3.05, 3.63) is 79.0 Å². The lowest BCUT2D eigenvalue weighted by molar-refractivity contribution is 0.261. The van der Waals surface area contributed by atoms with E-state index in [4.69, 9.17) is 9.72 Å². The van der Waals surface area contributed by atoms with Crippen LogP contribution in [0.1, 0.15) is 0 Å². The van der Waals surface area contributed by atoms with Gasteiger partial charge in [0.25, 0.3) is 0 Å². The fourth-order valence-corrected chi connectivity index (χ4v) is 4.28. The number of aromatic amines is 2. The van der Waals surface area contributed by atoms with Crippen molar-refractivity contribution in [3.63, 3.8) is 0 Å². The van der Waals surface area contributed by atoms with Crippen molar-refractivity contribution in [1.29, 1.82) is 0 Å². The Labute approximate surface area is 212 Å². The van der Waals surface area contributed by atoms with Gasteiger partial charge < -0.3 is 14.6 Å². The van der Waals surface area contributed by atoms with Gasteiger partial charge in [0.1, 0.15) is 29.4 Å². The lowest BCUT2D eigenvalue weighted by Gasteiger charge is -2.11.